The third-order valence-corrected chi connectivity index (χ3v) is 3.60. The minimum absolute atomic E-state index is 0.498. The van der Waals surface area contributed by atoms with Gasteiger partial charge < -0.3 is 10.1 Å². The summed E-state index contributed by atoms with van der Waals surface area (Å²) >= 11 is 0. The van der Waals surface area contributed by atoms with E-state index in [1.54, 1.807) is 7.11 Å². The zero-order valence-electron chi connectivity index (χ0n) is 10.6. The SMILES string of the molecule is CCC1CCCC(NC(C)COC)CC1. The molecule has 0 aromatic heterocycles. The van der Waals surface area contributed by atoms with Crippen LogP contribution in [0, 0.1) is 5.92 Å². The first-order valence-corrected chi connectivity index (χ1v) is 6.51. The summed E-state index contributed by atoms with van der Waals surface area (Å²) in [6.45, 7) is 5.37. The van der Waals surface area contributed by atoms with Crippen LogP contribution in [0.4, 0.5) is 0 Å². The van der Waals surface area contributed by atoms with Crippen LogP contribution in [0.2, 0.25) is 0 Å². The highest BCUT2D eigenvalue weighted by atomic mass is 16.5. The summed E-state index contributed by atoms with van der Waals surface area (Å²) in [5.41, 5.74) is 0. The Kier molecular flexibility index (Phi) is 6.26. The van der Waals surface area contributed by atoms with Crippen molar-refractivity contribution < 1.29 is 4.74 Å². The molecular formula is C13H27NO. The number of hydrogen-bond acceptors (Lipinski definition) is 2. The molecule has 1 aliphatic rings. The third kappa shape index (κ3) is 4.98. The molecule has 3 atom stereocenters. The molecule has 1 fully saturated rings. The molecule has 90 valence electrons. The van der Waals surface area contributed by atoms with Crippen molar-refractivity contribution in [3.8, 4) is 0 Å². The smallest absolute Gasteiger partial charge is 0.0613 e. The van der Waals surface area contributed by atoms with Crippen LogP contribution in [-0.2, 0) is 4.74 Å². The van der Waals surface area contributed by atoms with Crippen LogP contribution < -0.4 is 5.32 Å². The normalized spacial score (nSPS) is 29.8. The molecule has 0 aromatic carbocycles. The Morgan fingerprint density at radius 2 is 2.07 bits per heavy atom. The Balaban J connectivity index is 2.24. The van der Waals surface area contributed by atoms with Gasteiger partial charge in [-0.1, -0.05) is 26.2 Å². The number of ether oxygens (including phenoxy) is 1. The molecule has 0 spiro atoms. The molecule has 0 heterocycles. The van der Waals surface area contributed by atoms with Gasteiger partial charge >= 0.3 is 0 Å². The second kappa shape index (κ2) is 7.24. The minimum atomic E-state index is 0.498. The quantitative estimate of drug-likeness (QED) is 0.709. The van der Waals surface area contributed by atoms with E-state index in [-0.39, 0.29) is 0 Å². The van der Waals surface area contributed by atoms with Crippen LogP contribution in [0.15, 0.2) is 0 Å². The zero-order chi connectivity index (χ0) is 11.1. The van der Waals surface area contributed by atoms with Crippen LogP contribution in [0.5, 0.6) is 0 Å². The topological polar surface area (TPSA) is 21.3 Å². The summed E-state index contributed by atoms with van der Waals surface area (Å²) in [5.74, 6) is 0.981. The molecule has 0 amide bonds. The maximum atomic E-state index is 5.16. The predicted octanol–water partition coefficient (Wildman–Crippen LogP) is 2.97. The first kappa shape index (κ1) is 13.0. The molecule has 0 aliphatic heterocycles. The average Bonchev–Trinajstić information content (AvgIpc) is 2.43. The Hall–Kier alpha value is -0.0800. The average molecular weight is 213 g/mol. The Morgan fingerprint density at radius 1 is 1.27 bits per heavy atom. The fraction of sp³-hybridized carbons (Fsp3) is 1.00. The van der Waals surface area contributed by atoms with Gasteiger partial charge in [0.1, 0.15) is 0 Å². The molecule has 2 nitrogen and oxygen atoms in total. The Labute approximate surface area is 94.8 Å². The lowest BCUT2D eigenvalue weighted by molar-refractivity contribution is 0.164. The number of nitrogens with one attached hydrogen (secondary N) is 1. The third-order valence-electron chi connectivity index (χ3n) is 3.60. The van der Waals surface area contributed by atoms with Gasteiger partial charge in [-0.2, -0.15) is 0 Å². The van der Waals surface area contributed by atoms with E-state index in [1.165, 1.54) is 38.5 Å². The van der Waals surface area contributed by atoms with Gasteiger partial charge in [-0.25, -0.2) is 0 Å². The largest absolute Gasteiger partial charge is 0.383 e. The van der Waals surface area contributed by atoms with Crippen LogP contribution in [-0.4, -0.2) is 25.8 Å². The first-order valence-electron chi connectivity index (χ1n) is 6.51. The molecular weight excluding hydrogens is 186 g/mol. The second-order valence-corrected chi connectivity index (χ2v) is 5.00. The van der Waals surface area contributed by atoms with Gasteiger partial charge in [-0.3, -0.25) is 0 Å². The summed E-state index contributed by atoms with van der Waals surface area (Å²) in [4.78, 5) is 0. The second-order valence-electron chi connectivity index (χ2n) is 5.00. The predicted molar refractivity (Wildman–Crippen MR) is 65.1 cm³/mol. The summed E-state index contributed by atoms with van der Waals surface area (Å²) in [6, 6.07) is 1.23. The fourth-order valence-electron chi connectivity index (χ4n) is 2.65. The highest BCUT2D eigenvalue weighted by Crippen LogP contribution is 2.25. The molecule has 0 saturated heterocycles. The number of hydrogen-bond donors (Lipinski definition) is 1. The van der Waals surface area contributed by atoms with Crippen LogP contribution in [0.1, 0.15) is 52.4 Å². The Morgan fingerprint density at radius 3 is 2.73 bits per heavy atom. The van der Waals surface area contributed by atoms with Gasteiger partial charge in [-0.15, -0.1) is 0 Å². The van der Waals surface area contributed by atoms with E-state index in [2.05, 4.69) is 19.2 Å². The van der Waals surface area contributed by atoms with Gasteiger partial charge in [0.2, 0.25) is 0 Å². The van der Waals surface area contributed by atoms with E-state index in [0.717, 1.165) is 18.6 Å². The molecule has 0 bridgehead atoms. The standard InChI is InChI=1S/C13H27NO/c1-4-12-6-5-7-13(9-8-12)14-11(2)10-15-3/h11-14H,4-10H2,1-3H3. The van der Waals surface area contributed by atoms with Gasteiger partial charge in [-0.05, 0) is 32.1 Å². The monoisotopic (exact) mass is 213 g/mol. The van der Waals surface area contributed by atoms with E-state index < -0.39 is 0 Å². The molecule has 3 unspecified atom stereocenters. The lowest BCUT2D eigenvalue weighted by Gasteiger charge is -2.21. The molecule has 1 N–H and O–H groups in total. The minimum Gasteiger partial charge on any atom is -0.383 e. The summed E-state index contributed by atoms with van der Waals surface area (Å²) in [5, 5.41) is 3.68. The maximum absolute atomic E-state index is 5.16. The van der Waals surface area contributed by atoms with Gasteiger partial charge in [0.15, 0.2) is 0 Å². The molecule has 1 aliphatic carbocycles. The summed E-state index contributed by atoms with van der Waals surface area (Å²) < 4.78 is 5.16. The van der Waals surface area contributed by atoms with Crippen molar-refractivity contribution in [3.05, 3.63) is 0 Å². The maximum Gasteiger partial charge on any atom is 0.0613 e. The number of rotatable bonds is 5. The van der Waals surface area contributed by atoms with Crippen molar-refractivity contribution in [1.29, 1.82) is 0 Å². The van der Waals surface area contributed by atoms with Crippen molar-refractivity contribution >= 4 is 0 Å². The van der Waals surface area contributed by atoms with Crippen LogP contribution in [0.3, 0.4) is 0 Å². The van der Waals surface area contributed by atoms with E-state index in [0.29, 0.717) is 6.04 Å². The lowest BCUT2D eigenvalue weighted by Crippen LogP contribution is -2.38. The van der Waals surface area contributed by atoms with E-state index in [1.807, 2.05) is 0 Å². The summed E-state index contributed by atoms with van der Waals surface area (Å²) in [6.07, 6.45) is 8.31. The fourth-order valence-corrected chi connectivity index (χ4v) is 2.65. The van der Waals surface area contributed by atoms with Crippen LogP contribution in [0.25, 0.3) is 0 Å². The van der Waals surface area contributed by atoms with E-state index in [4.69, 9.17) is 4.74 Å². The molecule has 15 heavy (non-hydrogen) atoms. The van der Waals surface area contributed by atoms with Crippen molar-refractivity contribution in [2.45, 2.75) is 64.5 Å². The van der Waals surface area contributed by atoms with Crippen molar-refractivity contribution in [1.82, 2.24) is 5.32 Å². The van der Waals surface area contributed by atoms with Gasteiger partial charge in [0, 0.05) is 19.2 Å². The molecule has 1 saturated carbocycles. The highest BCUT2D eigenvalue weighted by Gasteiger charge is 2.18. The van der Waals surface area contributed by atoms with E-state index >= 15 is 0 Å². The zero-order valence-corrected chi connectivity index (χ0v) is 10.6. The van der Waals surface area contributed by atoms with Crippen LogP contribution >= 0.6 is 0 Å². The molecule has 0 aromatic rings. The first-order chi connectivity index (χ1) is 7.26. The van der Waals surface area contributed by atoms with Crippen molar-refractivity contribution in [2.24, 2.45) is 5.92 Å². The summed E-state index contributed by atoms with van der Waals surface area (Å²) in [7, 11) is 1.78. The van der Waals surface area contributed by atoms with Crippen molar-refractivity contribution in [2.75, 3.05) is 13.7 Å². The van der Waals surface area contributed by atoms with E-state index in [9.17, 15) is 0 Å². The molecule has 0 radical (unpaired) electrons. The number of methoxy groups -OCH3 is 1. The highest BCUT2D eigenvalue weighted by molar-refractivity contribution is 4.76. The molecule has 1 rings (SSSR count). The van der Waals surface area contributed by atoms with Crippen molar-refractivity contribution in [3.63, 3.8) is 0 Å². The van der Waals surface area contributed by atoms with Gasteiger partial charge in [0.05, 0.1) is 6.61 Å². The lowest BCUT2D eigenvalue weighted by atomic mass is 9.98. The molecule has 2 heteroatoms. The Bertz CT molecular complexity index is 161. The van der Waals surface area contributed by atoms with Gasteiger partial charge in [0.25, 0.3) is 0 Å².